The van der Waals surface area contributed by atoms with Crippen LogP contribution in [0.25, 0.3) is 0 Å². The third-order valence-corrected chi connectivity index (χ3v) is 3.99. The van der Waals surface area contributed by atoms with Gasteiger partial charge in [0.15, 0.2) is 0 Å². The monoisotopic (exact) mass is 210 g/mol. The van der Waals surface area contributed by atoms with E-state index in [1.54, 1.807) is 0 Å². The van der Waals surface area contributed by atoms with E-state index in [2.05, 4.69) is 26.8 Å². The van der Waals surface area contributed by atoms with Crippen molar-refractivity contribution in [3.8, 4) is 0 Å². The molecule has 2 atom stereocenters. The van der Waals surface area contributed by atoms with Gasteiger partial charge in [-0.25, -0.2) is 0 Å². The lowest BCUT2D eigenvalue weighted by atomic mass is 9.65. The summed E-state index contributed by atoms with van der Waals surface area (Å²) in [5.41, 5.74) is -0.323. The van der Waals surface area contributed by atoms with Crippen molar-refractivity contribution in [2.45, 2.75) is 52.1 Å². The molecule has 0 bridgehead atoms. The summed E-state index contributed by atoms with van der Waals surface area (Å²) in [4.78, 5) is 0. The van der Waals surface area contributed by atoms with E-state index in [9.17, 15) is 5.11 Å². The minimum absolute atomic E-state index is 0.297. The van der Waals surface area contributed by atoms with Crippen molar-refractivity contribution < 1.29 is 9.84 Å². The van der Waals surface area contributed by atoms with Crippen LogP contribution in [0.3, 0.4) is 0 Å². The zero-order valence-electron chi connectivity index (χ0n) is 10.0. The van der Waals surface area contributed by atoms with Gasteiger partial charge in [0.1, 0.15) is 11.4 Å². The maximum Gasteiger partial charge on any atom is 0.124 e. The fourth-order valence-electron chi connectivity index (χ4n) is 2.96. The van der Waals surface area contributed by atoms with E-state index in [-0.39, 0.29) is 0 Å². The number of aliphatic hydroxyl groups is 1. The molecule has 1 saturated carbocycles. The van der Waals surface area contributed by atoms with Crippen molar-refractivity contribution in [1.82, 2.24) is 0 Å². The first-order valence-electron chi connectivity index (χ1n) is 6.00. The normalized spacial score (nSPS) is 39.7. The highest BCUT2D eigenvalue weighted by Gasteiger charge is 2.46. The topological polar surface area (TPSA) is 29.5 Å². The first kappa shape index (κ1) is 11.0. The average molecular weight is 210 g/mol. The van der Waals surface area contributed by atoms with Gasteiger partial charge in [-0.1, -0.05) is 20.8 Å². The van der Waals surface area contributed by atoms with Gasteiger partial charge < -0.3 is 9.84 Å². The molecule has 1 aliphatic carbocycles. The summed E-state index contributed by atoms with van der Waals surface area (Å²) < 4.78 is 5.55. The van der Waals surface area contributed by atoms with E-state index in [1.165, 1.54) is 0 Å². The minimum atomic E-state index is -0.688. The maximum atomic E-state index is 10.7. The largest absolute Gasteiger partial charge is 0.495 e. The van der Waals surface area contributed by atoms with E-state index >= 15 is 0 Å². The molecule has 0 spiro atoms. The van der Waals surface area contributed by atoms with E-state index < -0.39 is 5.60 Å². The lowest BCUT2D eigenvalue weighted by Crippen LogP contribution is -2.45. The molecular weight excluding hydrogens is 188 g/mol. The van der Waals surface area contributed by atoms with Crippen molar-refractivity contribution in [2.75, 3.05) is 6.61 Å². The minimum Gasteiger partial charge on any atom is -0.495 e. The Morgan fingerprint density at radius 3 is 2.67 bits per heavy atom. The summed E-state index contributed by atoms with van der Waals surface area (Å²) in [6.45, 7) is 7.46. The Labute approximate surface area is 92.3 Å². The van der Waals surface area contributed by atoms with Crippen molar-refractivity contribution in [3.63, 3.8) is 0 Å². The molecule has 0 radical (unpaired) electrons. The maximum absolute atomic E-state index is 10.7. The number of hydrogen-bond acceptors (Lipinski definition) is 2. The molecule has 2 rings (SSSR count). The first-order valence-corrected chi connectivity index (χ1v) is 6.00. The van der Waals surface area contributed by atoms with E-state index in [1.807, 2.05) is 0 Å². The fraction of sp³-hybridized carbons (Fsp3) is 0.846. The number of rotatable bonds is 1. The average Bonchev–Trinajstić information content (AvgIpc) is 2.64. The summed E-state index contributed by atoms with van der Waals surface area (Å²) in [5.74, 6) is 1.14. The van der Waals surface area contributed by atoms with Crippen LogP contribution in [0.5, 0.6) is 0 Å². The van der Waals surface area contributed by atoms with Crippen LogP contribution in [0.2, 0.25) is 0 Å². The van der Waals surface area contributed by atoms with Crippen LogP contribution < -0.4 is 0 Å². The van der Waals surface area contributed by atoms with E-state index in [4.69, 9.17) is 4.74 Å². The molecule has 1 fully saturated rings. The number of hydrogen-bond donors (Lipinski definition) is 1. The summed E-state index contributed by atoms with van der Waals surface area (Å²) in [5, 5.41) is 10.7. The molecule has 2 nitrogen and oxygen atoms in total. The second-order valence-corrected chi connectivity index (χ2v) is 5.90. The predicted octanol–water partition coefficient (Wildman–Crippen LogP) is 2.87. The molecule has 1 heterocycles. The molecule has 15 heavy (non-hydrogen) atoms. The van der Waals surface area contributed by atoms with Crippen LogP contribution in [-0.2, 0) is 4.74 Å². The molecule has 1 N–H and O–H groups in total. The summed E-state index contributed by atoms with van der Waals surface area (Å²) in [6.07, 6.45) is 6.01. The second-order valence-electron chi connectivity index (χ2n) is 5.90. The lowest BCUT2D eigenvalue weighted by Gasteiger charge is -2.45. The van der Waals surface area contributed by atoms with Gasteiger partial charge in [0.25, 0.3) is 0 Å². The molecular formula is C13H22O2. The molecule has 0 saturated heterocycles. The molecule has 2 heteroatoms. The van der Waals surface area contributed by atoms with Crippen LogP contribution in [0, 0.1) is 11.3 Å². The fourth-order valence-corrected chi connectivity index (χ4v) is 2.96. The Bertz CT molecular complexity index is 280. The van der Waals surface area contributed by atoms with Gasteiger partial charge in [-0.3, -0.25) is 0 Å². The van der Waals surface area contributed by atoms with Crippen LogP contribution in [0.4, 0.5) is 0 Å². The van der Waals surface area contributed by atoms with Gasteiger partial charge in [-0.05, 0) is 36.7 Å². The second kappa shape index (κ2) is 3.51. The van der Waals surface area contributed by atoms with Crippen molar-refractivity contribution in [2.24, 2.45) is 11.3 Å². The predicted molar refractivity (Wildman–Crippen MR) is 60.4 cm³/mol. The SMILES string of the molecule is CC1CC(C)(C)CCC1(O)C1=CCCO1. The molecule has 2 unspecified atom stereocenters. The Kier molecular flexibility index (Phi) is 2.58. The van der Waals surface area contributed by atoms with Gasteiger partial charge in [-0.15, -0.1) is 0 Å². The Hall–Kier alpha value is -0.500. The first-order chi connectivity index (χ1) is 6.94. The smallest absolute Gasteiger partial charge is 0.124 e. The Balaban J connectivity index is 2.16. The molecule has 0 aromatic rings. The van der Waals surface area contributed by atoms with Gasteiger partial charge >= 0.3 is 0 Å². The standard InChI is InChI=1S/C13H22O2/c1-10-9-12(2,3)6-7-13(10,14)11-5-4-8-15-11/h5,10,14H,4,6-9H2,1-3H3. The zero-order chi connectivity index (χ0) is 11.1. The Morgan fingerprint density at radius 2 is 2.13 bits per heavy atom. The van der Waals surface area contributed by atoms with Crippen LogP contribution in [0.1, 0.15) is 46.5 Å². The lowest BCUT2D eigenvalue weighted by molar-refractivity contribution is -0.0741. The quantitative estimate of drug-likeness (QED) is 0.721. The number of ether oxygens (including phenoxy) is 1. The molecule has 0 amide bonds. The highest BCUT2D eigenvalue weighted by atomic mass is 16.5. The van der Waals surface area contributed by atoms with Gasteiger partial charge in [0, 0.05) is 6.42 Å². The summed E-state index contributed by atoms with van der Waals surface area (Å²) in [6, 6.07) is 0. The van der Waals surface area contributed by atoms with E-state index in [0.29, 0.717) is 11.3 Å². The van der Waals surface area contributed by atoms with Crippen LogP contribution >= 0.6 is 0 Å². The van der Waals surface area contributed by atoms with Crippen LogP contribution in [-0.4, -0.2) is 17.3 Å². The van der Waals surface area contributed by atoms with Gasteiger partial charge in [0.05, 0.1) is 6.61 Å². The van der Waals surface area contributed by atoms with Gasteiger partial charge in [0.2, 0.25) is 0 Å². The third kappa shape index (κ3) is 1.92. The zero-order valence-corrected chi connectivity index (χ0v) is 10.0. The summed E-state index contributed by atoms with van der Waals surface area (Å²) >= 11 is 0. The van der Waals surface area contributed by atoms with Crippen molar-refractivity contribution in [1.29, 1.82) is 0 Å². The third-order valence-electron chi connectivity index (χ3n) is 3.99. The van der Waals surface area contributed by atoms with E-state index in [0.717, 1.165) is 38.0 Å². The summed E-state index contributed by atoms with van der Waals surface area (Å²) in [7, 11) is 0. The highest BCUT2D eigenvalue weighted by molar-refractivity contribution is 5.17. The molecule has 2 aliphatic rings. The van der Waals surface area contributed by atoms with Crippen molar-refractivity contribution >= 4 is 0 Å². The van der Waals surface area contributed by atoms with Crippen LogP contribution in [0.15, 0.2) is 11.8 Å². The van der Waals surface area contributed by atoms with Gasteiger partial charge in [-0.2, -0.15) is 0 Å². The molecule has 1 aliphatic heterocycles. The van der Waals surface area contributed by atoms with Crippen molar-refractivity contribution in [3.05, 3.63) is 11.8 Å². The molecule has 0 aromatic carbocycles. The molecule has 86 valence electrons. The molecule has 0 aromatic heterocycles. The highest BCUT2D eigenvalue weighted by Crippen LogP contribution is 2.47. The Morgan fingerprint density at radius 1 is 1.40 bits per heavy atom.